The van der Waals surface area contributed by atoms with E-state index in [1.807, 2.05) is 44.2 Å². The van der Waals surface area contributed by atoms with E-state index < -0.39 is 8.32 Å². The van der Waals surface area contributed by atoms with E-state index in [0.29, 0.717) is 13.2 Å². The van der Waals surface area contributed by atoms with Crippen LogP contribution < -0.4 is 0 Å². The summed E-state index contributed by atoms with van der Waals surface area (Å²) in [5, 5.41) is 0.139. The molecule has 0 unspecified atom stereocenters. The quantitative estimate of drug-likeness (QED) is 0.436. The summed E-state index contributed by atoms with van der Waals surface area (Å²) in [4.78, 5) is 14.3. The predicted octanol–water partition coefficient (Wildman–Crippen LogP) is 5.61. The number of carbonyl (C=O) groups excluding carboxylic acids is 1. The highest BCUT2D eigenvalue weighted by molar-refractivity contribution is 6.74. The highest BCUT2D eigenvalue weighted by atomic mass is 28.4. The van der Waals surface area contributed by atoms with Crippen LogP contribution in [0.25, 0.3) is 0 Å². The van der Waals surface area contributed by atoms with Gasteiger partial charge in [0, 0.05) is 6.54 Å². The number of amides is 1. The van der Waals surface area contributed by atoms with Gasteiger partial charge in [0.25, 0.3) is 0 Å². The third kappa shape index (κ3) is 6.96. The number of carbonyl (C=O) groups is 1. The average molecular weight is 378 g/mol. The number of ether oxygens (including phenoxy) is 1. The molecule has 1 rings (SSSR count). The van der Waals surface area contributed by atoms with Crippen molar-refractivity contribution in [2.45, 2.75) is 65.4 Å². The second kappa shape index (κ2) is 9.37. The molecule has 0 bridgehead atoms. The molecule has 5 heteroatoms. The van der Waals surface area contributed by atoms with Gasteiger partial charge in [0.2, 0.25) is 0 Å². The van der Waals surface area contributed by atoms with Crippen molar-refractivity contribution in [1.29, 1.82) is 0 Å². The maximum atomic E-state index is 12.6. The van der Waals surface area contributed by atoms with Crippen molar-refractivity contribution in [3.05, 3.63) is 48.0 Å². The summed E-state index contributed by atoms with van der Waals surface area (Å²) in [6.07, 6.45) is -0.330. The Morgan fingerprint density at radius 1 is 1.23 bits per heavy atom. The molecule has 0 saturated heterocycles. The lowest BCUT2D eigenvalue weighted by atomic mass is 10.2. The first-order valence-electron chi connectivity index (χ1n) is 9.19. The first kappa shape index (κ1) is 22.4. The molecule has 0 N–H and O–H groups in total. The first-order valence-corrected chi connectivity index (χ1v) is 12.1. The molecule has 1 amide bonds. The van der Waals surface area contributed by atoms with Gasteiger partial charge in [-0.05, 0) is 37.5 Å². The highest BCUT2D eigenvalue weighted by Gasteiger charge is 2.38. The topological polar surface area (TPSA) is 38.8 Å². The van der Waals surface area contributed by atoms with E-state index in [0.717, 1.165) is 11.1 Å². The normalized spacial score (nSPS) is 13.2. The van der Waals surface area contributed by atoms with Gasteiger partial charge in [-0.2, -0.15) is 0 Å². The average Bonchev–Trinajstić information content (AvgIpc) is 2.55. The molecule has 1 aromatic rings. The van der Waals surface area contributed by atoms with Gasteiger partial charge in [0.15, 0.2) is 8.32 Å². The number of rotatable bonds is 8. The number of benzene rings is 1. The molecule has 0 aliphatic carbocycles. The molecule has 0 spiro atoms. The van der Waals surface area contributed by atoms with Crippen LogP contribution in [0, 0.1) is 0 Å². The Kier molecular flexibility index (Phi) is 8.09. The minimum Gasteiger partial charge on any atom is -0.445 e. The van der Waals surface area contributed by atoms with E-state index in [-0.39, 0.29) is 23.8 Å². The Morgan fingerprint density at radius 2 is 1.81 bits per heavy atom. The molecule has 0 aromatic heterocycles. The lowest BCUT2D eigenvalue weighted by Gasteiger charge is -2.38. The third-order valence-corrected chi connectivity index (χ3v) is 9.40. The Hall–Kier alpha value is -1.59. The van der Waals surface area contributed by atoms with Gasteiger partial charge in [-0.15, -0.1) is 0 Å². The standard InChI is InChI=1S/C21H35NO3Si/c1-17(2)14-22(18(3)15-25-26(7,8)21(4,5)6)20(23)24-16-19-12-10-9-11-13-19/h9-13,18H,1,14-16H2,2-8H3/t18-/m0/s1. The van der Waals surface area contributed by atoms with Gasteiger partial charge < -0.3 is 9.16 Å². The van der Waals surface area contributed by atoms with Crippen LogP contribution in [0.3, 0.4) is 0 Å². The van der Waals surface area contributed by atoms with E-state index >= 15 is 0 Å². The zero-order valence-corrected chi connectivity index (χ0v) is 18.5. The van der Waals surface area contributed by atoms with Crippen LogP contribution in [0.1, 0.15) is 40.2 Å². The number of nitrogens with zero attached hydrogens (tertiary/aromatic N) is 1. The van der Waals surface area contributed by atoms with Crippen LogP contribution in [0.15, 0.2) is 42.5 Å². The van der Waals surface area contributed by atoms with Gasteiger partial charge in [-0.25, -0.2) is 4.79 Å². The summed E-state index contributed by atoms with van der Waals surface area (Å²) in [5.74, 6) is 0. The molecule has 1 aromatic carbocycles. The van der Waals surface area contributed by atoms with E-state index in [1.165, 1.54) is 0 Å². The van der Waals surface area contributed by atoms with Crippen LogP contribution in [0.2, 0.25) is 18.1 Å². The lowest BCUT2D eigenvalue weighted by Crippen LogP contribution is -2.47. The van der Waals surface area contributed by atoms with Crippen LogP contribution in [-0.2, 0) is 15.8 Å². The third-order valence-electron chi connectivity index (χ3n) is 4.90. The maximum Gasteiger partial charge on any atom is 0.410 e. The fourth-order valence-corrected chi connectivity index (χ4v) is 3.22. The summed E-state index contributed by atoms with van der Waals surface area (Å²) in [6, 6.07) is 9.62. The summed E-state index contributed by atoms with van der Waals surface area (Å²) in [7, 11) is -1.86. The summed E-state index contributed by atoms with van der Waals surface area (Å²) < 4.78 is 11.8. The summed E-state index contributed by atoms with van der Waals surface area (Å²) in [5.41, 5.74) is 1.89. The Balaban J connectivity index is 2.72. The Morgan fingerprint density at radius 3 is 2.31 bits per heavy atom. The van der Waals surface area contributed by atoms with Gasteiger partial charge in [0.1, 0.15) is 6.61 Å². The van der Waals surface area contributed by atoms with Crippen molar-refractivity contribution in [1.82, 2.24) is 4.90 Å². The second-order valence-electron chi connectivity index (χ2n) is 8.55. The molecule has 0 fully saturated rings. The number of hydrogen-bond donors (Lipinski definition) is 0. The molecule has 26 heavy (non-hydrogen) atoms. The fourth-order valence-electron chi connectivity index (χ4n) is 2.13. The van der Waals surface area contributed by atoms with Crippen molar-refractivity contribution < 1.29 is 14.0 Å². The van der Waals surface area contributed by atoms with E-state index in [1.54, 1.807) is 4.90 Å². The largest absolute Gasteiger partial charge is 0.445 e. The van der Waals surface area contributed by atoms with Gasteiger partial charge in [0.05, 0.1) is 12.6 Å². The van der Waals surface area contributed by atoms with Crippen LogP contribution in [-0.4, -0.2) is 38.5 Å². The highest BCUT2D eigenvalue weighted by Crippen LogP contribution is 2.36. The Bertz CT molecular complexity index is 593. The van der Waals surface area contributed by atoms with Crippen molar-refractivity contribution in [2.24, 2.45) is 0 Å². The molecule has 0 aliphatic heterocycles. The number of hydrogen-bond acceptors (Lipinski definition) is 3. The van der Waals surface area contributed by atoms with Gasteiger partial charge in [-0.3, -0.25) is 4.90 Å². The van der Waals surface area contributed by atoms with E-state index in [9.17, 15) is 4.79 Å². The van der Waals surface area contributed by atoms with Gasteiger partial charge >= 0.3 is 6.09 Å². The molecule has 0 heterocycles. The van der Waals surface area contributed by atoms with Crippen LogP contribution in [0.5, 0.6) is 0 Å². The predicted molar refractivity (Wildman–Crippen MR) is 111 cm³/mol. The molecule has 0 saturated carbocycles. The lowest BCUT2D eigenvalue weighted by molar-refractivity contribution is 0.0743. The minimum absolute atomic E-state index is 0.0795. The fraction of sp³-hybridized carbons (Fsp3) is 0.571. The van der Waals surface area contributed by atoms with Crippen molar-refractivity contribution in [2.75, 3.05) is 13.2 Å². The van der Waals surface area contributed by atoms with Crippen molar-refractivity contribution in [3.63, 3.8) is 0 Å². The molecule has 1 atom stereocenters. The molecule has 4 nitrogen and oxygen atoms in total. The first-order chi connectivity index (χ1) is 11.9. The minimum atomic E-state index is -1.86. The van der Waals surface area contributed by atoms with Gasteiger partial charge in [-0.1, -0.05) is 63.3 Å². The van der Waals surface area contributed by atoms with Crippen molar-refractivity contribution in [3.8, 4) is 0 Å². The SMILES string of the molecule is C=C(C)CN(C(=O)OCc1ccccc1)[C@@H](C)CO[Si](C)(C)C(C)(C)C. The monoisotopic (exact) mass is 377 g/mol. The zero-order chi connectivity index (χ0) is 20.0. The molecule has 146 valence electrons. The molecular formula is C21H35NO3Si. The molecular weight excluding hydrogens is 342 g/mol. The van der Waals surface area contributed by atoms with Crippen molar-refractivity contribution >= 4 is 14.4 Å². The zero-order valence-electron chi connectivity index (χ0n) is 17.5. The van der Waals surface area contributed by atoms with Crippen LogP contribution in [0.4, 0.5) is 4.79 Å². The molecule has 0 radical (unpaired) electrons. The molecule has 0 aliphatic rings. The summed E-state index contributed by atoms with van der Waals surface area (Å²) >= 11 is 0. The maximum absolute atomic E-state index is 12.6. The van der Waals surface area contributed by atoms with E-state index in [4.69, 9.17) is 9.16 Å². The van der Waals surface area contributed by atoms with E-state index in [2.05, 4.69) is 40.4 Å². The summed E-state index contributed by atoms with van der Waals surface area (Å²) in [6.45, 7) is 20.2. The smallest absolute Gasteiger partial charge is 0.410 e. The van der Waals surface area contributed by atoms with Crippen LogP contribution >= 0.6 is 0 Å². The Labute approximate surface area is 160 Å². The second-order valence-corrected chi connectivity index (χ2v) is 13.4.